The van der Waals surface area contributed by atoms with Gasteiger partial charge in [0.25, 0.3) is 0 Å². The molecule has 0 bridgehead atoms. The lowest BCUT2D eigenvalue weighted by atomic mass is 10.5. The number of H-pyrrole nitrogens is 1. The van der Waals surface area contributed by atoms with Crippen molar-refractivity contribution >= 4 is 39.6 Å². The van der Waals surface area contributed by atoms with Gasteiger partial charge in [-0.3, -0.25) is 4.57 Å². The summed E-state index contributed by atoms with van der Waals surface area (Å²) in [5, 5.41) is 0. The molecule has 0 saturated carbocycles. The van der Waals surface area contributed by atoms with Crippen molar-refractivity contribution in [3.8, 4) is 0 Å². The highest BCUT2D eigenvalue weighted by atomic mass is 127. The van der Waals surface area contributed by atoms with Crippen LogP contribution < -0.4 is 11.4 Å². The van der Waals surface area contributed by atoms with E-state index in [0.717, 1.165) is 0 Å². The van der Waals surface area contributed by atoms with Gasteiger partial charge in [0.2, 0.25) is 0 Å². The van der Waals surface area contributed by atoms with E-state index in [1.807, 2.05) is 22.6 Å². The van der Waals surface area contributed by atoms with Crippen molar-refractivity contribution < 1.29 is 0 Å². The van der Waals surface area contributed by atoms with Gasteiger partial charge in [0.1, 0.15) is 5.52 Å². The molecule has 13 heavy (non-hydrogen) atoms. The summed E-state index contributed by atoms with van der Waals surface area (Å²) in [4.78, 5) is 21.8. The Morgan fingerprint density at radius 1 is 1.54 bits per heavy atom. The molecule has 0 aliphatic heterocycles. The number of halogens is 1. The van der Waals surface area contributed by atoms with Crippen molar-refractivity contribution in [1.82, 2.24) is 19.5 Å². The van der Waals surface area contributed by atoms with Crippen LogP contribution in [0.15, 0.2) is 4.79 Å². The second-order valence-electron chi connectivity index (χ2n) is 2.57. The number of hydrogen-bond acceptors (Lipinski definition) is 4. The molecule has 2 heterocycles. The fourth-order valence-electron chi connectivity index (χ4n) is 1.09. The number of anilines is 1. The van der Waals surface area contributed by atoms with Gasteiger partial charge in [0.15, 0.2) is 15.3 Å². The van der Waals surface area contributed by atoms with Gasteiger partial charge < -0.3 is 10.7 Å². The molecular formula is C6H6IN5O. The van der Waals surface area contributed by atoms with Gasteiger partial charge in [-0.25, -0.2) is 14.8 Å². The Balaban J connectivity index is 3.03. The molecule has 0 amide bonds. The van der Waals surface area contributed by atoms with Crippen LogP contribution in [0.3, 0.4) is 0 Å². The first kappa shape index (κ1) is 8.48. The zero-order valence-corrected chi connectivity index (χ0v) is 8.86. The predicted molar refractivity (Wildman–Crippen MR) is 56.3 cm³/mol. The molecular weight excluding hydrogens is 285 g/mol. The fraction of sp³-hybridized carbons (Fsp3) is 0.167. The van der Waals surface area contributed by atoms with E-state index in [0.29, 0.717) is 20.8 Å². The maximum absolute atomic E-state index is 11.2. The zero-order chi connectivity index (χ0) is 9.59. The third-order valence-electron chi connectivity index (χ3n) is 1.74. The van der Waals surface area contributed by atoms with Crippen molar-refractivity contribution in [3.05, 3.63) is 14.3 Å². The Hall–Kier alpha value is -1.12. The number of hydrogen-bond donors (Lipinski definition) is 2. The standard InChI is InChI=1S/C6H6IN5O/c1-12-4-2(9-6(12)13)3(8)10-5(7)11-4/h1H3,(H,9,13)(H2,8,10,11). The van der Waals surface area contributed by atoms with Gasteiger partial charge >= 0.3 is 5.69 Å². The molecule has 2 aromatic rings. The van der Waals surface area contributed by atoms with E-state index in [1.54, 1.807) is 7.05 Å². The minimum Gasteiger partial charge on any atom is -0.382 e. The largest absolute Gasteiger partial charge is 0.382 e. The third-order valence-corrected chi connectivity index (χ3v) is 2.23. The first-order valence-corrected chi connectivity index (χ1v) is 4.55. The maximum atomic E-state index is 11.2. The van der Waals surface area contributed by atoms with Gasteiger partial charge in [-0.05, 0) is 0 Å². The van der Waals surface area contributed by atoms with E-state index in [2.05, 4.69) is 15.0 Å². The summed E-state index contributed by atoms with van der Waals surface area (Å²) in [6, 6.07) is 0. The molecule has 0 fully saturated rings. The molecule has 0 unspecified atom stereocenters. The number of rotatable bonds is 0. The summed E-state index contributed by atoms with van der Waals surface area (Å²) in [6.07, 6.45) is 0. The van der Waals surface area contributed by atoms with Crippen molar-refractivity contribution in [2.75, 3.05) is 5.73 Å². The van der Waals surface area contributed by atoms with Crippen molar-refractivity contribution in [2.45, 2.75) is 0 Å². The maximum Gasteiger partial charge on any atom is 0.327 e. The van der Waals surface area contributed by atoms with Crippen LogP contribution in [-0.2, 0) is 7.05 Å². The molecule has 0 aliphatic carbocycles. The molecule has 2 aromatic heterocycles. The molecule has 3 N–H and O–H groups in total. The first-order chi connectivity index (χ1) is 6.09. The Bertz CT molecular complexity index is 528. The summed E-state index contributed by atoms with van der Waals surface area (Å²) in [5.74, 6) is 0.298. The van der Waals surface area contributed by atoms with Gasteiger partial charge in [-0.15, -0.1) is 0 Å². The lowest BCUT2D eigenvalue weighted by Gasteiger charge is -1.96. The van der Waals surface area contributed by atoms with Crippen LogP contribution in [0, 0.1) is 3.83 Å². The number of nitrogens with one attached hydrogen (secondary N) is 1. The smallest absolute Gasteiger partial charge is 0.327 e. The lowest BCUT2D eigenvalue weighted by Crippen LogP contribution is -2.12. The van der Waals surface area contributed by atoms with Gasteiger partial charge in [0.05, 0.1) is 0 Å². The number of imidazole rings is 1. The number of aryl methyl sites for hydroxylation is 1. The van der Waals surface area contributed by atoms with Gasteiger partial charge in [-0.2, -0.15) is 0 Å². The highest BCUT2D eigenvalue weighted by molar-refractivity contribution is 14.1. The quantitative estimate of drug-likeness (QED) is 0.521. The average molecular weight is 291 g/mol. The Kier molecular flexibility index (Phi) is 1.75. The van der Waals surface area contributed by atoms with Crippen molar-refractivity contribution in [2.24, 2.45) is 7.05 Å². The van der Waals surface area contributed by atoms with E-state index < -0.39 is 0 Å². The summed E-state index contributed by atoms with van der Waals surface area (Å²) < 4.78 is 1.92. The number of nitrogen functional groups attached to an aromatic ring is 1. The average Bonchev–Trinajstić information content (AvgIpc) is 2.32. The number of aromatic nitrogens is 4. The summed E-state index contributed by atoms with van der Waals surface area (Å²) in [6.45, 7) is 0. The van der Waals surface area contributed by atoms with E-state index in [9.17, 15) is 4.79 Å². The van der Waals surface area contributed by atoms with Crippen LogP contribution >= 0.6 is 22.6 Å². The van der Waals surface area contributed by atoms with E-state index in [4.69, 9.17) is 5.73 Å². The highest BCUT2D eigenvalue weighted by Crippen LogP contribution is 2.13. The topological polar surface area (TPSA) is 89.6 Å². The second-order valence-corrected chi connectivity index (χ2v) is 3.53. The normalized spacial score (nSPS) is 10.9. The van der Waals surface area contributed by atoms with Crippen LogP contribution in [0.4, 0.5) is 5.82 Å². The lowest BCUT2D eigenvalue weighted by molar-refractivity contribution is 0.875. The van der Waals surface area contributed by atoms with Crippen LogP contribution in [0.25, 0.3) is 11.2 Å². The van der Waals surface area contributed by atoms with Gasteiger partial charge in [0, 0.05) is 29.6 Å². The number of nitrogens with zero attached hydrogens (tertiary/aromatic N) is 3. The Morgan fingerprint density at radius 2 is 2.23 bits per heavy atom. The molecule has 0 atom stereocenters. The zero-order valence-electron chi connectivity index (χ0n) is 6.71. The Morgan fingerprint density at radius 3 is 2.92 bits per heavy atom. The van der Waals surface area contributed by atoms with Gasteiger partial charge in [-0.1, -0.05) is 0 Å². The minimum atomic E-state index is -0.238. The minimum absolute atomic E-state index is 0.238. The van der Waals surface area contributed by atoms with E-state index >= 15 is 0 Å². The molecule has 68 valence electrons. The predicted octanol–water partition coefficient (Wildman–Crippen LogP) is -0.157. The van der Waals surface area contributed by atoms with E-state index in [1.165, 1.54) is 4.57 Å². The molecule has 0 saturated heterocycles. The number of aromatic amines is 1. The first-order valence-electron chi connectivity index (χ1n) is 3.47. The third kappa shape index (κ3) is 1.19. The summed E-state index contributed by atoms with van der Waals surface area (Å²) in [7, 11) is 1.63. The molecule has 2 rings (SSSR count). The molecule has 0 spiro atoms. The molecule has 6 nitrogen and oxygen atoms in total. The second kappa shape index (κ2) is 2.69. The van der Waals surface area contributed by atoms with Crippen LogP contribution in [-0.4, -0.2) is 19.5 Å². The molecule has 0 radical (unpaired) electrons. The number of nitrogens with two attached hydrogens (primary N) is 1. The monoisotopic (exact) mass is 291 g/mol. The highest BCUT2D eigenvalue weighted by Gasteiger charge is 2.09. The van der Waals surface area contributed by atoms with Crippen molar-refractivity contribution in [1.29, 1.82) is 0 Å². The number of fused-ring (bicyclic) bond motifs is 1. The SMILES string of the molecule is Cn1c(=O)[nH]c2c(N)nc(I)nc21. The fourth-order valence-corrected chi connectivity index (χ4v) is 1.58. The van der Waals surface area contributed by atoms with Crippen LogP contribution in [0.2, 0.25) is 0 Å². The molecule has 0 aromatic carbocycles. The van der Waals surface area contributed by atoms with E-state index in [-0.39, 0.29) is 5.69 Å². The summed E-state index contributed by atoms with van der Waals surface area (Å²) >= 11 is 1.95. The van der Waals surface area contributed by atoms with Crippen LogP contribution in [0.1, 0.15) is 0 Å². The molecule has 7 heteroatoms. The Labute approximate surface area is 86.3 Å². The summed E-state index contributed by atoms with van der Waals surface area (Å²) in [5.41, 5.74) is 6.38. The molecule has 0 aliphatic rings. The van der Waals surface area contributed by atoms with Crippen LogP contribution in [0.5, 0.6) is 0 Å². The van der Waals surface area contributed by atoms with Crippen molar-refractivity contribution in [3.63, 3.8) is 0 Å².